The van der Waals surface area contributed by atoms with Crippen LogP contribution in [0, 0.1) is 33.8 Å². The summed E-state index contributed by atoms with van der Waals surface area (Å²) in [6.07, 6.45) is 0. The molecule has 0 nitrogen and oxygen atoms in total. The molecule has 0 spiro atoms. The van der Waals surface area contributed by atoms with Crippen molar-refractivity contribution in [1.29, 1.82) is 0 Å². The van der Waals surface area contributed by atoms with Gasteiger partial charge in [-0.25, -0.2) is 0 Å². The Balaban J connectivity index is 3.42. The van der Waals surface area contributed by atoms with Crippen LogP contribution in [-0.4, -0.2) is 7.38 Å². The second kappa shape index (κ2) is 6.99. The third-order valence-corrected chi connectivity index (χ3v) is 6.66. The smallest absolute Gasteiger partial charge is 0.128 e. The predicted molar refractivity (Wildman–Crippen MR) is 111 cm³/mol. The van der Waals surface area contributed by atoms with Crippen molar-refractivity contribution >= 4 is 23.6 Å². The van der Waals surface area contributed by atoms with Gasteiger partial charge in [-0.1, -0.05) is 56.1 Å². The Bertz CT molecular complexity index is 652. The number of halogens is 1. The van der Waals surface area contributed by atoms with Crippen molar-refractivity contribution < 1.29 is 0 Å². The Morgan fingerprint density at radius 1 is 0.708 bits per heavy atom. The van der Waals surface area contributed by atoms with Gasteiger partial charge in [0.15, 0.2) is 0 Å². The SMILES string of the molecule is CC(C)(C)C#C[Si](Cl)(C#CC(C)(C)C)c1ccc(C(C)(C)C)cc1. The molecular weight excluding hydrogens is 328 g/mol. The van der Waals surface area contributed by atoms with Crippen molar-refractivity contribution in [1.82, 2.24) is 0 Å². The minimum Gasteiger partial charge on any atom is -0.128 e. The first-order chi connectivity index (χ1) is 10.6. The monoisotopic (exact) mass is 358 g/mol. The number of rotatable bonds is 1. The highest BCUT2D eigenvalue weighted by molar-refractivity contribution is 7.36. The van der Waals surface area contributed by atoms with Crippen LogP contribution in [0.15, 0.2) is 24.3 Å². The molecule has 0 saturated carbocycles. The largest absolute Gasteiger partial charge is 0.339 e. The lowest BCUT2D eigenvalue weighted by atomic mass is 9.87. The lowest BCUT2D eigenvalue weighted by Crippen LogP contribution is -2.41. The van der Waals surface area contributed by atoms with Gasteiger partial charge in [0.2, 0.25) is 0 Å². The summed E-state index contributed by atoms with van der Waals surface area (Å²) in [5.74, 6) is 6.64. The molecule has 24 heavy (non-hydrogen) atoms. The molecule has 0 aliphatic rings. The predicted octanol–water partition coefficient (Wildman–Crippen LogP) is 5.55. The molecule has 0 fully saturated rings. The average Bonchev–Trinajstić information content (AvgIpc) is 2.41. The summed E-state index contributed by atoms with van der Waals surface area (Å²) < 4.78 is 0. The molecule has 0 atom stereocenters. The number of benzene rings is 1. The van der Waals surface area contributed by atoms with Crippen molar-refractivity contribution in [2.45, 2.75) is 67.7 Å². The second-order valence-corrected chi connectivity index (χ2v) is 13.6. The molecule has 0 N–H and O–H groups in total. The molecule has 1 rings (SSSR count). The highest BCUT2D eigenvalue weighted by atomic mass is 35.6. The zero-order valence-corrected chi connectivity index (χ0v) is 18.4. The highest BCUT2D eigenvalue weighted by Crippen LogP contribution is 2.22. The summed E-state index contributed by atoms with van der Waals surface area (Å²) >= 11 is 7.04. The topological polar surface area (TPSA) is 0 Å². The first kappa shape index (κ1) is 20.9. The fourth-order valence-corrected chi connectivity index (χ4v) is 4.66. The maximum atomic E-state index is 7.04. The van der Waals surface area contributed by atoms with Crippen LogP contribution in [-0.2, 0) is 5.41 Å². The fraction of sp³-hybridized carbons (Fsp3) is 0.545. The van der Waals surface area contributed by atoms with E-state index in [0.717, 1.165) is 5.19 Å². The van der Waals surface area contributed by atoms with Gasteiger partial charge in [-0.15, -0.1) is 22.9 Å². The normalized spacial score (nSPS) is 12.8. The highest BCUT2D eigenvalue weighted by Gasteiger charge is 2.31. The van der Waals surface area contributed by atoms with Gasteiger partial charge < -0.3 is 0 Å². The van der Waals surface area contributed by atoms with Crippen LogP contribution in [0.4, 0.5) is 0 Å². The maximum Gasteiger partial charge on any atom is 0.339 e. The van der Waals surface area contributed by atoms with Crippen molar-refractivity contribution in [2.75, 3.05) is 0 Å². The maximum absolute atomic E-state index is 7.04. The van der Waals surface area contributed by atoms with E-state index in [1.165, 1.54) is 5.56 Å². The van der Waals surface area contributed by atoms with E-state index in [4.69, 9.17) is 11.1 Å². The number of hydrogen-bond acceptors (Lipinski definition) is 0. The Hall–Kier alpha value is -1.15. The van der Waals surface area contributed by atoms with Gasteiger partial charge >= 0.3 is 7.38 Å². The Kier molecular flexibility index (Phi) is 6.09. The van der Waals surface area contributed by atoms with E-state index < -0.39 is 7.38 Å². The van der Waals surface area contributed by atoms with E-state index in [1.807, 2.05) is 0 Å². The Labute approximate surface area is 155 Å². The molecule has 0 heterocycles. The first-order valence-corrected chi connectivity index (χ1v) is 11.5. The summed E-state index contributed by atoms with van der Waals surface area (Å²) in [4.78, 5) is 0. The van der Waals surface area contributed by atoms with Gasteiger partial charge in [0, 0.05) is 10.8 Å². The van der Waals surface area contributed by atoms with Crippen LogP contribution in [0.2, 0.25) is 0 Å². The van der Waals surface area contributed by atoms with Crippen LogP contribution < -0.4 is 5.19 Å². The van der Waals surface area contributed by atoms with E-state index in [-0.39, 0.29) is 16.2 Å². The molecule has 1 aromatic rings. The van der Waals surface area contributed by atoms with Crippen molar-refractivity contribution in [2.24, 2.45) is 10.8 Å². The molecule has 2 heteroatoms. The minimum atomic E-state index is -2.68. The van der Waals surface area contributed by atoms with Crippen LogP contribution >= 0.6 is 11.1 Å². The fourth-order valence-electron chi connectivity index (χ4n) is 1.92. The second-order valence-electron chi connectivity index (χ2n) is 9.49. The van der Waals surface area contributed by atoms with E-state index in [0.29, 0.717) is 0 Å². The molecule has 1 aromatic carbocycles. The summed E-state index contributed by atoms with van der Waals surface area (Å²) in [5, 5.41) is 1.07. The molecule has 0 saturated heterocycles. The molecule has 0 bridgehead atoms. The quantitative estimate of drug-likeness (QED) is 0.350. The van der Waals surface area contributed by atoms with Gasteiger partial charge in [-0.2, -0.15) is 0 Å². The molecular formula is C22H31ClSi. The van der Waals surface area contributed by atoms with Crippen LogP contribution in [0.3, 0.4) is 0 Å². The Morgan fingerprint density at radius 3 is 1.38 bits per heavy atom. The molecule has 0 amide bonds. The van der Waals surface area contributed by atoms with Gasteiger partial charge in [-0.3, -0.25) is 0 Å². The van der Waals surface area contributed by atoms with Gasteiger partial charge in [-0.05, 0) is 57.7 Å². The number of hydrogen-bond donors (Lipinski definition) is 0. The van der Waals surface area contributed by atoms with E-state index in [2.05, 4.69) is 110 Å². The molecule has 0 unspecified atom stereocenters. The molecule has 130 valence electrons. The molecule has 0 aliphatic carbocycles. The molecule has 0 aliphatic heterocycles. The standard InChI is InChI=1S/C22H31ClSi/c1-20(2,3)14-16-24(23,17-15-21(4,5)6)19-12-10-18(11-13-19)22(7,8)9/h10-13H,1-9H3. The van der Waals surface area contributed by atoms with Gasteiger partial charge in [0.1, 0.15) is 0 Å². The zero-order valence-electron chi connectivity index (χ0n) is 16.7. The van der Waals surface area contributed by atoms with Crippen LogP contribution in [0.25, 0.3) is 0 Å². The lowest BCUT2D eigenvalue weighted by molar-refractivity contribution is 0.571. The van der Waals surface area contributed by atoms with Crippen molar-refractivity contribution in [3.63, 3.8) is 0 Å². The molecule has 0 aromatic heterocycles. The Morgan fingerprint density at radius 2 is 1.08 bits per heavy atom. The van der Waals surface area contributed by atoms with Crippen molar-refractivity contribution in [3.05, 3.63) is 29.8 Å². The third-order valence-electron chi connectivity index (χ3n) is 3.37. The van der Waals surface area contributed by atoms with E-state index in [9.17, 15) is 0 Å². The first-order valence-electron chi connectivity index (χ1n) is 8.51. The third kappa shape index (κ3) is 6.76. The summed E-state index contributed by atoms with van der Waals surface area (Å²) in [7, 11) is -2.68. The van der Waals surface area contributed by atoms with Gasteiger partial charge in [0.05, 0.1) is 0 Å². The average molecular weight is 359 g/mol. The van der Waals surface area contributed by atoms with Crippen molar-refractivity contribution in [3.8, 4) is 22.9 Å². The summed E-state index contributed by atoms with van der Waals surface area (Å²) in [6.45, 7) is 19.3. The summed E-state index contributed by atoms with van der Waals surface area (Å²) in [6, 6.07) is 8.57. The molecule has 0 radical (unpaired) electrons. The van der Waals surface area contributed by atoms with Gasteiger partial charge in [0.25, 0.3) is 0 Å². The van der Waals surface area contributed by atoms with E-state index in [1.54, 1.807) is 0 Å². The lowest BCUT2D eigenvalue weighted by Gasteiger charge is -2.21. The van der Waals surface area contributed by atoms with E-state index >= 15 is 0 Å². The van der Waals surface area contributed by atoms with Crippen LogP contribution in [0.5, 0.6) is 0 Å². The minimum absolute atomic E-state index is 0.0814. The summed E-state index contributed by atoms with van der Waals surface area (Å²) in [5.41, 5.74) is 7.99. The zero-order chi connectivity index (χ0) is 18.8. The van der Waals surface area contributed by atoms with Crippen LogP contribution in [0.1, 0.15) is 67.9 Å².